The van der Waals surface area contributed by atoms with E-state index in [2.05, 4.69) is 17.1 Å². The maximum atomic E-state index is 12.0. The fourth-order valence-corrected chi connectivity index (χ4v) is 2.71. The fourth-order valence-electron chi connectivity index (χ4n) is 2.71. The fraction of sp³-hybridized carbons (Fsp3) is 0.917. The summed E-state index contributed by atoms with van der Waals surface area (Å²) in [5.41, 5.74) is 0. The Bertz CT molecular complexity index is 245. The lowest BCUT2D eigenvalue weighted by atomic mass is 10.1. The molecule has 4 heteroatoms. The van der Waals surface area contributed by atoms with Crippen molar-refractivity contribution in [1.29, 1.82) is 0 Å². The SMILES string of the molecule is CCCOCCC(=O)N1CC[C@H]2CNC[C@H]21. The maximum absolute atomic E-state index is 12.0. The van der Waals surface area contributed by atoms with Crippen LogP contribution in [0.3, 0.4) is 0 Å². The number of rotatable bonds is 5. The highest BCUT2D eigenvalue weighted by Gasteiger charge is 2.39. The number of ether oxygens (including phenoxy) is 1. The Kier molecular flexibility index (Phi) is 4.18. The van der Waals surface area contributed by atoms with Crippen LogP contribution in [0.4, 0.5) is 0 Å². The molecule has 0 aliphatic carbocycles. The summed E-state index contributed by atoms with van der Waals surface area (Å²) in [6.45, 7) is 6.43. The topological polar surface area (TPSA) is 41.6 Å². The Morgan fingerprint density at radius 1 is 1.44 bits per heavy atom. The molecule has 0 aromatic rings. The molecule has 0 aromatic heterocycles. The Hall–Kier alpha value is -0.610. The standard InChI is InChI=1S/C12H22N2O2/c1-2-6-16-7-4-12(15)14-5-3-10-8-13-9-11(10)14/h10-11,13H,2-9H2,1H3/t10-,11+/m0/s1. The molecular weight excluding hydrogens is 204 g/mol. The molecule has 1 N–H and O–H groups in total. The van der Waals surface area contributed by atoms with Crippen molar-refractivity contribution in [2.75, 3.05) is 32.8 Å². The molecule has 0 unspecified atom stereocenters. The van der Waals surface area contributed by atoms with Gasteiger partial charge in [0, 0.05) is 32.3 Å². The highest BCUT2D eigenvalue weighted by atomic mass is 16.5. The highest BCUT2D eigenvalue weighted by molar-refractivity contribution is 5.77. The van der Waals surface area contributed by atoms with Gasteiger partial charge >= 0.3 is 0 Å². The Morgan fingerprint density at radius 2 is 2.31 bits per heavy atom. The van der Waals surface area contributed by atoms with E-state index < -0.39 is 0 Å². The van der Waals surface area contributed by atoms with Crippen molar-refractivity contribution in [3.05, 3.63) is 0 Å². The van der Waals surface area contributed by atoms with E-state index in [4.69, 9.17) is 4.74 Å². The van der Waals surface area contributed by atoms with E-state index in [1.807, 2.05) is 0 Å². The molecule has 16 heavy (non-hydrogen) atoms. The Labute approximate surface area is 97.3 Å². The first-order chi connectivity index (χ1) is 7.83. The predicted octanol–water partition coefficient (Wildman–Crippen LogP) is 0.623. The molecule has 2 atom stereocenters. The van der Waals surface area contributed by atoms with E-state index >= 15 is 0 Å². The van der Waals surface area contributed by atoms with Crippen LogP contribution in [0.5, 0.6) is 0 Å². The van der Waals surface area contributed by atoms with Gasteiger partial charge in [-0.05, 0) is 18.8 Å². The third kappa shape index (κ3) is 2.55. The van der Waals surface area contributed by atoms with Crippen LogP contribution in [0.1, 0.15) is 26.2 Å². The summed E-state index contributed by atoms with van der Waals surface area (Å²) in [5, 5.41) is 3.36. The summed E-state index contributed by atoms with van der Waals surface area (Å²) < 4.78 is 5.36. The van der Waals surface area contributed by atoms with Gasteiger partial charge in [0.2, 0.25) is 5.91 Å². The lowest BCUT2D eigenvalue weighted by Gasteiger charge is -2.23. The molecule has 0 saturated carbocycles. The zero-order valence-electron chi connectivity index (χ0n) is 10.1. The van der Waals surface area contributed by atoms with Crippen molar-refractivity contribution in [3.63, 3.8) is 0 Å². The Morgan fingerprint density at radius 3 is 3.12 bits per heavy atom. The lowest BCUT2D eigenvalue weighted by Crippen LogP contribution is -2.39. The molecule has 0 bridgehead atoms. The Balaban J connectivity index is 1.72. The van der Waals surface area contributed by atoms with Crippen molar-refractivity contribution in [2.45, 2.75) is 32.2 Å². The van der Waals surface area contributed by atoms with Crippen LogP contribution < -0.4 is 5.32 Å². The summed E-state index contributed by atoms with van der Waals surface area (Å²) in [5.74, 6) is 0.966. The van der Waals surface area contributed by atoms with E-state index in [1.165, 1.54) is 6.42 Å². The van der Waals surface area contributed by atoms with Crippen molar-refractivity contribution < 1.29 is 9.53 Å². The van der Waals surface area contributed by atoms with Crippen LogP contribution in [0, 0.1) is 5.92 Å². The minimum atomic E-state index is 0.271. The molecule has 2 heterocycles. The van der Waals surface area contributed by atoms with E-state index in [0.29, 0.717) is 25.0 Å². The minimum Gasteiger partial charge on any atom is -0.381 e. The van der Waals surface area contributed by atoms with E-state index in [9.17, 15) is 4.79 Å². The van der Waals surface area contributed by atoms with Gasteiger partial charge in [0.25, 0.3) is 0 Å². The molecule has 92 valence electrons. The van der Waals surface area contributed by atoms with Gasteiger partial charge in [0.05, 0.1) is 13.0 Å². The van der Waals surface area contributed by atoms with Crippen LogP contribution >= 0.6 is 0 Å². The van der Waals surface area contributed by atoms with Crippen LogP contribution in [0.25, 0.3) is 0 Å². The number of likely N-dealkylation sites (tertiary alicyclic amines) is 1. The average molecular weight is 226 g/mol. The first-order valence-corrected chi connectivity index (χ1v) is 6.41. The van der Waals surface area contributed by atoms with Crippen LogP contribution in [0.15, 0.2) is 0 Å². The molecule has 2 aliphatic heterocycles. The van der Waals surface area contributed by atoms with Gasteiger partial charge in [0.1, 0.15) is 0 Å². The zero-order chi connectivity index (χ0) is 11.4. The molecule has 2 rings (SSSR count). The number of hydrogen-bond donors (Lipinski definition) is 1. The molecule has 1 amide bonds. The number of amides is 1. The number of hydrogen-bond acceptors (Lipinski definition) is 3. The van der Waals surface area contributed by atoms with Crippen molar-refractivity contribution in [3.8, 4) is 0 Å². The van der Waals surface area contributed by atoms with Gasteiger partial charge in [-0.25, -0.2) is 0 Å². The quantitative estimate of drug-likeness (QED) is 0.699. The summed E-state index contributed by atoms with van der Waals surface area (Å²) >= 11 is 0. The van der Waals surface area contributed by atoms with Gasteiger partial charge in [-0.3, -0.25) is 4.79 Å². The smallest absolute Gasteiger partial charge is 0.225 e. The molecule has 2 aliphatic rings. The van der Waals surface area contributed by atoms with Crippen LogP contribution in [-0.2, 0) is 9.53 Å². The summed E-state index contributed by atoms with van der Waals surface area (Å²) in [6.07, 6.45) is 2.73. The number of nitrogens with zero attached hydrogens (tertiary/aromatic N) is 1. The largest absolute Gasteiger partial charge is 0.381 e. The third-order valence-corrected chi connectivity index (χ3v) is 3.57. The van der Waals surface area contributed by atoms with Crippen molar-refractivity contribution in [2.24, 2.45) is 5.92 Å². The number of carbonyl (C=O) groups excluding carboxylic acids is 1. The van der Waals surface area contributed by atoms with Gasteiger partial charge in [-0.2, -0.15) is 0 Å². The molecule has 0 radical (unpaired) electrons. The molecule has 0 spiro atoms. The second-order valence-electron chi connectivity index (χ2n) is 4.72. The number of carbonyl (C=O) groups is 1. The summed E-state index contributed by atoms with van der Waals surface area (Å²) in [4.78, 5) is 14.0. The average Bonchev–Trinajstić information content (AvgIpc) is 2.85. The number of nitrogens with one attached hydrogen (secondary N) is 1. The van der Waals surface area contributed by atoms with Gasteiger partial charge in [-0.15, -0.1) is 0 Å². The van der Waals surface area contributed by atoms with E-state index in [-0.39, 0.29) is 5.91 Å². The number of fused-ring (bicyclic) bond motifs is 1. The summed E-state index contributed by atoms with van der Waals surface area (Å²) in [7, 11) is 0. The minimum absolute atomic E-state index is 0.271. The molecular formula is C12H22N2O2. The first-order valence-electron chi connectivity index (χ1n) is 6.41. The van der Waals surface area contributed by atoms with Crippen molar-refractivity contribution in [1.82, 2.24) is 10.2 Å². The van der Waals surface area contributed by atoms with Crippen LogP contribution in [-0.4, -0.2) is 49.7 Å². The van der Waals surface area contributed by atoms with Gasteiger partial charge in [0.15, 0.2) is 0 Å². The third-order valence-electron chi connectivity index (χ3n) is 3.57. The molecule has 2 fully saturated rings. The zero-order valence-corrected chi connectivity index (χ0v) is 10.1. The molecule has 0 aromatic carbocycles. The highest BCUT2D eigenvalue weighted by Crippen LogP contribution is 2.27. The lowest BCUT2D eigenvalue weighted by molar-refractivity contribution is -0.133. The second kappa shape index (κ2) is 5.64. The predicted molar refractivity (Wildman–Crippen MR) is 62.2 cm³/mol. The maximum Gasteiger partial charge on any atom is 0.225 e. The van der Waals surface area contributed by atoms with Gasteiger partial charge in [-0.1, -0.05) is 6.92 Å². The van der Waals surface area contributed by atoms with E-state index in [0.717, 1.165) is 32.7 Å². The molecule has 2 saturated heterocycles. The van der Waals surface area contributed by atoms with Crippen molar-refractivity contribution >= 4 is 5.91 Å². The normalized spacial score (nSPS) is 28.4. The molecule has 4 nitrogen and oxygen atoms in total. The van der Waals surface area contributed by atoms with Crippen LogP contribution in [0.2, 0.25) is 0 Å². The van der Waals surface area contributed by atoms with E-state index in [1.54, 1.807) is 0 Å². The van der Waals surface area contributed by atoms with Gasteiger partial charge < -0.3 is 15.0 Å². The first kappa shape index (κ1) is 11.9. The second-order valence-corrected chi connectivity index (χ2v) is 4.72. The monoisotopic (exact) mass is 226 g/mol. The summed E-state index contributed by atoms with van der Waals surface area (Å²) in [6, 6.07) is 0.457.